The molecule has 0 unspecified atom stereocenters. The molecule has 9 heteroatoms. The van der Waals surface area contributed by atoms with Crippen LogP contribution in [0.1, 0.15) is 15.9 Å². The van der Waals surface area contributed by atoms with Crippen LogP contribution in [-0.2, 0) is 10.0 Å². The van der Waals surface area contributed by atoms with Crippen LogP contribution in [0, 0.1) is 11.3 Å². The summed E-state index contributed by atoms with van der Waals surface area (Å²) in [6, 6.07) is 6.71. The number of anilines is 1. The number of aromatic carboxylic acids is 1. The molecule has 2 rings (SSSR count). The summed E-state index contributed by atoms with van der Waals surface area (Å²) in [5.74, 6) is -1.05. The van der Waals surface area contributed by atoms with Gasteiger partial charge in [-0.05, 0) is 24.3 Å². The maximum absolute atomic E-state index is 12.4. The normalized spacial score (nSPS) is 10.6. The molecule has 0 bridgehead atoms. The first-order valence-corrected chi connectivity index (χ1v) is 7.65. The maximum Gasteiger partial charge on any atom is 0.335 e. The van der Waals surface area contributed by atoms with Gasteiger partial charge in [0.05, 0.1) is 23.9 Å². The Bertz CT molecular complexity index is 903. The summed E-state index contributed by atoms with van der Waals surface area (Å²) in [4.78, 5) is 14.5. The Hall–Kier alpha value is -3.12. The van der Waals surface area contributed by atoms with E-state index in [0.29, 0.717) is 0 Å². The van der Waals surface area contributed by atoms with Gasteiger partial charge in [0.2, 0.25) is 0 Å². The minimum absolute atomic E-state index is 0.0326. The lowest BCUT2D eigenvalue weighted by Gasteiger charge is -2.12. The molecule has 8 nitrogen and oxygen atoms in total. The fourth-order valence-corrected chi connectivity index (χ4v) is 2.80. The number of rotatable bonds is 5. The van der Waals surface area contributed by atoms with Crippen LogP contribution in [0.5, 0.6) is 5.75 Å². The van der Waals surface area contributed by atoms with Gasteiger partial charge in [-0.15, -0.1) is 0 Å². The number of pyridine rings is 1. The minimum atomic E-state index is -4.06. The predicted molar refractivity (Wildman–Crippen MR) is 79.7 cm³/mol. The summed E-state index contributed by atoms with van der Waals surface area (Å²) in [5, 5.41) is 17.8. The molecule has 1 aromatic heterocycles. The molecule has 0 atom stereocenters. The molecule has 1 aromatic carbocycles. The molecule has 0 amide bonds. The number of nitrogens with zero attached hydrogens (tertiary/aromatic N) is 2. The van der Waals surface area contributed by atoms with Crippen LogP contribution in [0.25, 0.3) is 0 Å². The fraction of sp³-hybridized carbons (Fsp3) is 0.0714. The number of ether oxygens (including phenoxy) is 1. The predicted octanol–water partition coefficient (Wildman–Crippen LogP) is 1.46. The van der Waals surface area contributed by atoms with Crippen molar-refractivity contribution < 1.29 is 23.1 Å². The maximum atomic E-state index is 12.4. The van der Waals surface area contributed by atoms with Crippen LogP contribution < -0.4 is 9.46 Å². The van der Waals surface area contributed by atoms with E-state index in [0.717, 1.165) is 18.3 Å². The number of aromatic nitrogens is 1. The van der Waals surface area contributed by atoms with Crippen LogP contribution in [-0.4, -0.2) is 31.6 Å². The van der Waals surface area contributed by atoms with Gasteiger partial charge < -0.3 is 9.84 Å². The Morgan fingerprint density at radius 3 is 2.70 bits per heavy atom. The summed E-state index contributed by atoms with van der Waals surface area (Å²) in [6.45, 7) is 0. The smallest absolute Gasteiger partial charge is 0.335 e. The summed E-state index contributed by atoms with van der Waals surface area (Å²) in [7, 11) is -2.73. The second kappa shape index (κ2) is 6.33. The van der Waals surface area contributed by atoms with Crippen molar-refractivity contribution >= 4 is 21.7 Å². The van der Waals surface area contributed by atoms with E-state index < -0.39 is 16.0 Å². The lowest BCUT2D eigenvalue weighted by molar-refractivity contribution is 0.0697. The summed E-state index contributed by atoms with van der Waals surface area (Å²) in [6.07, 6.45) is 2.31. The van der Waals surface area contributed by atoms with Crippen molar-refractivity contribution in [3.8, 4) is 11.8 Å². The van der Waals surface area contributed by atoms with E-state index >= 15 is 0 Å². The molecule has 118 valence electrons. The zero-order valence-electron chi connectivity index (χ0n) is 11.8. The number of hydrogen-bond donors (Lipinski definition) is 2. The Morgan fingerprint density at radius 2 is 2.09 bits per heavy atom. The topological polar surface area (TPSA) is 129 Å². The summed E-state index contributed by atoms with van der Waals surface area (Å²) in [5.41, 5.74) is -0.0544. The molecule has 0 aliphatic carbocycles. The molecule has 0 radical (unpaired) electrons. The third-order valence-corrected chi connectivity index (χ3v) is 4.18. The number of carbonyl (C=O) groups is 1. The minimum Gasteiger partial charge on any atom is -0.495 e. The van der Waals surface area contributed by atoms with Crippen molar-refractivity contribution in [2.24, 2.45) is 0 Å². The van der Waals surface area contributed by atoms with E-state index in [9.17, 15) is 13.2 Å². The van der Waals surface area contributed by atoms with Crippen LogP contribution >= 0.6 is 0 Å². The molecular weight excluding hydrogens is 322 g/mol. The SMILES string of the molecule is COc1ccc(C(=O)O)cc1NS(=O)(=O)c1cncc(C#N)c1. The van der Waals surface area contributed by atoms with E-state index in [-0.39, 0.29) is 27.5 Å². The number of nitriles is 1. The Balaban J connectivity index is 2.46. The fourth-order valence-electron chi connectivity index (χ4n) is 1.75. The molecule has 0 fully saturated rings. The Kier molecular flexibility index (Phi) is 4.47. The van der Waals surface area contributed by atoms with Gasteiger partial charge in [-0.3, -0.25) is 9.71 Å². The van der Waals surface area contributed by atoms with Crippen molar-refractivity contribution in [3.05, 3.63) is 47.8 Å². The van der Waals surface area contributed by atoms with Gasteiger partial charge in [-0.25, -0.2) is 13.2 Å². The molecule has 0 aliphatic rings. The molecule has 0 saturated carbocycles. The molecule has 23 heavy (non-hydrogen) atoms. The Labute approximate surface area is 132 Å². The molecule has 2 N–H and O–H groups in total. The quantitative estimate of drug-likeness (QED) is 0.847. The second-order valence-corrected chi connectivity index (χ2v) is 6.03. The van der Waals surface area contributed by atoms with Crippen molar-refractivity contribution in [2.45, 2.75) is 4.90 Å². The third-order valence-electron chi connectivity index (χ3n) is 2.84. The highest BCUT2D eigenvalue weighted by Gasteiger charge is 2.19. The first-order chi connectivity index (χ1) is 10.9. The van der Waals surface area contributed by atoms with Gasteiger partial charge in [-0.2, -0.15) is 5.26 Å². The van der Waals surface area contributed by atoms with Crippen LogP contribution in [0.4, 0.5) is 5.69 Å². The number of benzene rings is 1. The van der Waals surface area contributed by atoms with E-state index in [2.05, 4.69) is 9.71 Å². The monoisotopic (exact) mass is 333 g/mol. The number of carboxylic acids is 1. The summed E-state index contributed by atoms with van der Waals surface area (Å²) >= 11 is 0. The summed E-state index contributed by atoms with van der Waals surface area (Å²) < 4.78 is 32.0. The van der Waals surface area contributed by atoms with Gasteiger partial charge in [0.25, 0.3) is 10.0 Å². The first kappa shape index (κ1) is 16.3. The van der Waals surface area contributed by atoms with E-state index in [1.807, 2.05) is 0 Å². The van der Waals surface area contributed by atoms with Crippen LogP contribution in [0.15, 0.2) is 41.6 Å². The number of carboxylic acid groups (broad SMARTS) is 1. The average Bonchev–Trinajstić information content (AvgIpc) is 2.54. The van der Waals surface area contributed by atoms with Crippen LogP contribution in [0.3, 0.4) is 0 Å². The highest BCUT2D eigenvalue weighted by molar-refractivity contribution is 7.92. The molecule has 1 heterocycles. The lowest BCUT2D eigenvalue weighted by Crippen LogP contribution is -2.14. The highest BCUT2D eigenvalue weighted by atomic mass is 32.2. The number of nitrogens with one attached hydrogen (secondary N) is 1. The van der Waals surface area contributed by atoms with Crippen LogP contribution in [0.2, 0.25) is 0 Å². The highest BCUT2D eigenvalue weighted by Crippen LogP contribution is 2.28. The van der Waals surface area contributed by atoms with Gasteiger partial charge in [0.1, 0.15) is 16.7 Å². The second-order valence-electron chi connectivity index (χ2n) is 4.35. The molecular formula is C14H11N3O5S. The third kappa shape index (κ3) is 3.56. The number of methoxy groups -OCH3 is 1. The zero-order chi connectivity index (χ0) is 17.0. The molecule has 0 spiro atoms. The lowest BCUT2D eigenvalue weighted by atomic mass is 10.2. The van der Waals surface area contributed by atoms with E-state index in [1.165, 1.54) is 25.4 Å². The molecule has 2 aromatic rings. The van der Waals surface area contributed by atoms with Crippen molar-refractivity contribution in [1.82, 2.24) is 4.98 Å². The number of hydrogen-bond acceptors (Lipinski definition) is 6. The number of sulfonamides is 1. The first-order valence-electron chi connectivity index (χ1n) is 6.16. The van der Waals surface area contributed by atoms with Crippen molar-refractivity contribution in [3.63, 3.8) is 0 Å². The van der Waals surface area contributed by atoms with Gasteiger partial charge >= 0.3 is 5.97 Å². The standard InChI is InChI=1S/C14H11N3O5S/c1-22-13-3-2-10(14(18)19)5-12(13)17-23(20,21)11-4-9(6-15)7-16-8-11/h2-5,7-8,17H,1H3,(H,18,19). The van der Waals surface area contributed by atoms with E-state index in [1.54, 1.807) is 6.07 Å². The van der Waals surface area contributed by atoms with Gasteiger partial charge in [0, 0.05) is 12.4 Å². The average molecular weight is 333 g/mol. The van der Waals surface area contributed by atoms with Gasteiger partial charge in [-0.1, -0.05) is 0 Å². The van der Waals surface area contributed by atoms with Crippen molar-refractivity contribution in [2.75, 3.05) is 11.8 Å². The van der Waals surface area contributed by atoms with E-state index in [4.69, 9.17) is 15.1 Å². The zero-order valence-corrected chi connectivity index (χ0v) is 12.7. The van der Waals surface area contributed by atoms with Crippen molar-refractivity contribution in [1.29, 1.82) is 5.26 Å². The van der Waals surface area contributed by atoms with Gasteiger partial charge in [0.15, 0.2) is 0 Å². The Morgan fingerprint density at radius 1 is 1.35 bits per heavy atom. The molecule has 0 saturated heterocycles. The molecule has 0 aliphatic heterocycles. The largest absolute Gasteiger partial charge is 0.495 e.